The Morgan fingerprint density at radius 3 is 2.54 bits per heavy atom. The molecule has 0 atom stereocenters. The lowest BCUT2D eigenvalue weighted by Gasteiger charge is -2.21. The third-order valence-electron chi connectivity index (χ3n) is 3.92. The van der Waals surface area contributed by atoms with E-state index in [4.69, 9.17) is 16.7 Å². The molecule has 0 radical (unpaired) electrons. The largest absolute Gasteiger partial charge is 0.478 e. The van der Waals surface area contributed by atoms with Gasteiger partial charge in [-0.1, -0.05) is 18.5 Å². The van der Waals surface area contributed by atoms with E-state index in [1.54, 1.807) is 11.8 Å². The Hall–Kier alpha value is -1.64. The fourth-order valence-electron chi connectivity index (χ4n) is 2.58. The van der Waals surface area contributed by atoms with E-state index < -0.39 is 16.0 Å². The molecule has 7 nitrogen and oxygen atoms in total. The van der Waals surface area contributed by atoms with Crippen LogP contribution in [-0.2, 0) is 14.8 Å². The second-order valence-corrected chi connectivity index (χ2v) is 7.78. The molecular weight excluding hydrogens is 356 g/mol. The molecule has 1 heterocycles. The number of aromatic carboxylic acids is 1. The quantitative estimate of drug-likeness (QED) is 0.864. The van der Waals surface area contributed by atoms with Gasteiger partial charge in [-0.3, -0.25) is 4.79 Å². The molecule has 1 N–H and O–H groups in total. The first-order valence-corrected chi connectivity index (χ1v) is 9.40. The van der Waals surface area contributed by atoms with Crippen molar-refractivity contribution in [1.82, 2.24) is 9.21 Å². The maximum Gasteiger partial charge on any atom is 0.337 e. The number of amides is 1. The molecular formula is C15H19ClN2O5S. The summed E-state index contributed by atoms with van der Waals surface area (Å²) in [4.78, 5) is 24.5. The van der Waals surface area contributed by atoms with Gasteiger partial charge in [0.15, 0.2) is 0 Å². The van der Waals surface area contributed by atoms with Crippen LogP contribution in [0.5, 0.6) is 0 Å². The molecule has 0 unspecified atom stereocenters. The Kier molecular flexibility index (Phi) is 5.84. The average molecular weight is 375 g/mol. The number of hydrogen-bond donors (Lipinski definition) is 1. The van der Waals surface area contributed by atoms with Crippen LogP contribution in [0, 0.1) is 0 Å². The standard InChI is InChI=1S/C15H19ClN2O5S/c1-2-14(19)17-6-3-7-18(9-8-17)24(22,23)11-4-5-13(16)12(10-11)15(20)21/h4-5,10H,2-3,6-9H2,1H3,(H,20,21). The van der Waals surface area contributed by atoms with Crippen LogP contribution in [0.15, 0.2) is 23.1 Å². The summed E-state index contributed by atoms with van der Waals surface area (Å²) in [6, 6.07) is 3.63. The Balaban J connectivity index is 2.26. The van der Waals surface area contributed by atoms with Gasteiger partial charge in [-0.15, -0.1) is 0 Å². The predicted molar refractivity (Wildman–Crippen MR) is 88.7 cm³/mol. The number of rotatable bonds is 4. The fourth-order valence-corrected chi connectivity index (χ4v) is 4.28. The van der Waals surface area contributed by atoms with Crippen LogP contribution in [0.2, 0.25) is 5.02 Å². The number of carboxylic acids is 1. The lowest BCUT2D eigenvalue weighted by molar-refractivity contribution is -0.130. The fraction of sp³-hybridized carbons (Fsp3) is 0.467. The zero-order valence-corrected chi connectivity index (χ0v) is 14.8. The third-order valence-corrected chi connectivity index (χ3v) is 6.14. The van der Waals surface area contributed by atoms with E-state index in [1.807, 2.05) is 0 Å². The molecule has 1 aromatic rings. The van der Waals surface area contributed by atoms with Crippen LogP contribution in [-0.4, -0.2) is 60.8 Å². The van der Waals surface area contributed by atoms with Gasteiger partial charge in [0, 0.05) is 32.6 Å². The van der Waals surface area contributed by atoms with Gasteiger partial charge >= 0.3 is 5.97 Å². The van der Waals surface area contributed by atoms with Crippen LogP contribution in [0.25, 0.3) is 0 Å². The molecule has 9 heteroatoms. The molecule has 0 saturated carbocycles. The molecule has 1 aliphatic rings. The van der Waals surface area contributed by atoms with E-state index in [9.17, 15) is 18.0 Å². The van der Waals surface area contributed by atoms with Crippen molar-refractivity contribution in [3.63, 3.8) is 0 Å². The Morgan fingerprint density at radius 1 is 1.21 bits per heavy atom. The number of halogens is 1. The minimum atomic E-state index is -3.84. The molecule has 0 aliphatic carbocycles. The maximum absolute atomic E-state index is 12.8. The van der Waals surface area contributed by atoms with Crippen LogP contribution >= 0.6 is 11.6 Å². The van der Waals surface area contributed by atoms with E-state index in [-0.39, 0.29) is 34.5 Å². The Bertz CT molecular complexity index is 750. The summed E-state index contributed by atoms with van der Waals surface area (Å²) < 4.78 is 26.8. The van der Waals surface area contributed by atoms with E-state index >= 15 is 0 Å². The van der Waals surface area contributed by atoms with Gasteiger partial charge in [-0.05, 0) is 24.6 Å². The Morgan fingerprint density at radius 2 is 1.92 bits per heavy atom. The van der Waals surface area contributed by atoms with Gasteiger partial charge < -0.3 is 10.0 Å². The van der Waals surface area contributed by atoms with Crippen LogP contribution in [0.1, 0.15) is 30.1 Å². The van der Waals surface area contributed by atoms with Gasteiger partial charge in [-0.25, -0.2) is 13.2 Å². The Labute approximate surface area is 145 Å². The van der Waals surface area contributed by atoms with Crippen molar-refractivity contribution in [2.45, 2.75) is 24.7 Å². The lowest BCUT2D eigenvalue weighted by Crippen LogP contribution is -2.37. The van der Waals surface area contributed by atoms with Gasteiger partial charge in [0.1, 0.15) is 0 Å². The van der Waals surface area contributed by atoms with Crippen molar-refractivity contribution >= 4 is 33.5 Å². The van der Waals surface area contributed by atoms with Crippen molar-refractivity contribution in [2.24, 2.45) is 0 Å². The zero-order chi connectivity index (χ0) is 17.9. The van der Waals surface area contributed by atoms with Crippen molar-refractivity contribution < 1.29 is 23.1 Å². The van der Waals surface area contributed by atoms with E-state index in [1.165, 1.54) is 16.4 Å². The van der Waals surface area contributed by atoms with Crippen LogP contribution in [0.4, 0.5) is 0 Å². The summed E-state index contributed by atoms with van der Waals surface area (Å²) in [5.74, 6) is -1.29. The molecule has 1 fully saturated rings. The average Bonchev–Trinajstić information content (AvgIpc) is 2.80. The van der Waals surface area contributed by atoms with Gasteiger partial charge in [-0.2, -0.15) is 4.31 Å². The summed E-state index contributed by atoms with van der Waals surface area (Å²) in [5, 5.41) is 9.08. The van der Waals surface area contributed by atoms with Crippen molar-refractivity contribution in [3.8, 4) is 0 Å². The zero-order valence-electron chi connectivity index (χ0n) is 13.2. The number of carbonyl (C=O) groups excluding carboxylic acids is 1. The molecule has 0 bridgehead atoms. The number of nitrogens with zero attached hydrogens (tertiary/aromatic N) is 2. The molecule has 24 heavy (non-hydrogen) atoms. The maximum atomic E-state index is 12.8. The molecule has 1 aromatic carbocycles. The number of hydrogen-bond acceptors (Lipinski definition) is 4. The minimum Gasteiger partial charge on any atom is -0.478 e. The van der Waals surface area contributed by atoms with E-state index in [2.05, 4.69) is 0 Å². The molecule has 1 saturated heterocycles. The number of benzene rings is 1. The second-order valence-electron chi connectivity index (χ2n) is 5.44. The summed E-state index contributed by atoms with van der Waals surface area (Å²) in [7, 11) is -3.84. The van der Waals surface area contributed by atoms with E-state index in [0.717, 1.165) is 6.07 Å². The first-order valence-electron chi connectivity index (χ1n) is 7.58. The second kappa shape index (κ2) is 7.50. The van der Waals surface area contributed by atoms with Gasteiger partial charge in [0.2, 0.25) is 15.9 Å². The number of carbonyl (C=O) groups is 2. The van der Waals surface area contributed by atoms with Crippen LogP contribution in [0.3, 0.4) is 0 Å². The third kappa shape index (κ3) is 3.88. The molecule has 1 amide bonds. The monoisotopic (exact) mass is 374 g/mol. The highest BCUT2D eigenvalue weighted by Crippen LogP contribution is 2.24. The molecule has 0 spiro atoms. The summed E-state index contributed by atoms with van der Waals surface area (Å²) in [6.45, 7) is 3.06. The van der Waals surface area contributed by atoms with Crippen molar-refractivity contribution in [1.29, 1.82) is 0 Å². The van der Waals surface area contributed by atoms with Crippen LogP contribution < -0.4 is 0 Å². The summed E-state index contributed by atoms with van der Waals surface area (Å²) >= 11 is 5.79. The first-order chi connectivity index (χ1) is 11.3. The SMILES string of the molecule is CCC(=O)N1CCCN(S(=O)(=O)c2ccc(Cl)c(C(=O)O)c2)CC1. The molecule has 2 rings (SSSR count). The highest BCUT2D eigenvalue weighted by Gasteiger charge is 2.28. The summed E-state index contributed by atoms with van der Waals surface area (Å²) in [6.07, 6.45) is 0.913. The topological polar surface area (TPSA) is 95.0 Å². The predicted octanol–water partition coefficient (Wildman–Crippen LogP) is 1.67. The van der Waals surface area contributed by atoms with Crippen molar-refractivity contribution in [2.75, 3.05) is 26.2 Å². The van der Waals surface area contributed by atoms with E-state index in [0.29, 0.717) is 25.9 Å². The smallest absolute Gasteiger partial charge is 0.337 e. The molecule has 1 aliphatic heterocycles. The highest BCUT2D eigenvalue weighted by atomic mass is 35.5. The first kappa shape index (κ1) is 18.7. The number of sulfonamides is 1. The van der Waals surface area contributed by atoms with Crippen molar-refractivity contribution in [3.05, 3.63) is 28.8 Å². The van der Waals surface area contributed by atoms with Gasteiger partial charge in [0.25, 0.3) is 0 Å². The lowest BCUT2D eigenvalue weighted by atomic mass is 10.2. The highest BCUT2D eigenvalue weighted by molar-refractivity contribution is 7.89. The summed E-state index contributed by atoms with van der Waals surface area (Å²) in [5.41, 5.74) is -0.254. The number of carboxylic acid groups (broad SMARTS) is 1. The molecule has 132 valence electrons. The normalized spacial score (nSPS) is 16.7. The van der Waals surface area contributed by atoms with Gasteiger partial charge in [0.05, 0.1) is 15.5 Å². The molecule has 0 aromatic heterocycles. The minimum absolute atomic E-state index is 0.00564.